The number of anilines is 1. The van der Waals surface area contributed by atoms with Crippen molar-refractivity contribution in [3.05, 3.63) is 36.8 Å². The lowest BCUT2D eigenvalue weighted by atomic mass is 10.1. The molecule has 35 heavy (non-hydrogen) atoms. The van der Waals surface area contributed by atoms with E-state index in [-0.39, 0.29) is 6.04 Å². The van der Waals surface area contributed by atoms with E-state index in [2.05, 4.69) is 34.9 Å². The van der Waals surface area contributed by atoms with Gasteiger partial charge in [0.15, 0.2) is 5.65 Å². The highest BCUT2D eigenvalue weighted by Gasteiger charge is 2.33. The third-order valence-electron chi connectivity index (χ3n) is 6.22. The smallest absolute Gasteiger partial charge is 0.216 e. The van der Waals surface area contributed by atoms with Crippen LogP contribution in [-0.2, 0) is 21.5 Å². The van der Waals surface area contributed by atoms with Gasteiger partial charge in [-0.3, -0.25) is 0 Å². The monoisotopic (exact) mass is 516 g/mol. The molecule has 0 aliphatic carbocycles. The molecule has 0 amide bonds. The number of pyridine rings is 1. The van der Waals surface area contributed by atoms with Crippen molar-refractivity contribution in [1.29, 1.82) is 0 Å². The van der Waals surface area contributed by atoms with Crippen molar-refractivity contribution in [1.82, 2.24) is 23.8 Å². The fourth-order valence-electron chi connectivity index (χ4n) is 4.03. The quantitative estimate of drug-likeness (QED) is 0.321. The summed E-state index contributed by atoms with van der Waals surface area (Å²) in [6.45, 7) is 12.6. The molecule has 1 aliphatic rings. The van der Waals surface area contributed by atoms with Crippen LogP contribution in [0.2, 0.25) is 25.7 Å². The minimum atomic E-state index is -3.26. The van der Waals surface area contributed by atoms with Crippen molar-refractivity contribution in [3.63, 3.8) is 0 Å². The maximum absolute atomic E-state index is 12.5. The molecule has 1 atom stereocenters. The van der Waals surface area contributed by atoms with Crippen LogP contribution in [0, 0.1) is 0 Å². The molecule has 0 unspecified atom stereocenters. The number of nitrogens with one attached hydrogen (secondary N) is 1. The van der Waals surface area contributed by atoms with Crippen molar-refractivity contribution in [2.75, 3.05) is 25.0 Å². The molecule has 0 aromatic carbocycles. The minimum absolute atomic E-state index is 0.0109. The van der Waals surface area contributed by atoms with Crippen LogP contribution in [0.15, 0.2) is 36.8 Å². The van der Waals surface area contributed by atoms with E-state index in [4.69, 9.17) is 9.72 Å². The SMILES string of the molecule is CC(C)S(=O)(=O)N1CC[C@@H](Nc2ncccc2-c2cnc3c(ccn3COCC[Si](C)(C)C)n2)C1. The zero-order valence-electron chi connectivity index (χ0n) is 21.2. The Hall–Kier alpha value is -2.34. The van der Waals surface area contributed by atoms with Gasteiger partial charge < -0.3 is 14.6 Å². The van der Waals surface area contributed by atoms with Gasteiger partial charge in [-0.1, -0.05) is 19.6 Å². The average molecular weight is 517 g/mol. The van der Waals surface area contributed by atoms with Crippen molar-refractivity contribution in [3.8, 4) is 11.3 Å². The molecule has 1 fully saturated rings. The highest BCUT2D eigenvalue weighted by atomic mass is 32.2. The van der Waals surface area contributed by atoms with Crippen LogP contribution in [0.4, 0.5) is 5.82 Å². The van der Waals surface area contributed by atoms with Crippen LogP contribution in [0.3, 0.4) is 0 Å². The second-order valence-electron chi connectivity index (χ2n) is 10.6. The maximum Gasteiger partial charge on any atom is 0.216 e. The molecule has 190 valence electrons. The van der Waals surface area contributed by atoms with E-state index in [9.17, 15) is 8.42 Å². The van der Waals surface area contributed by atoms with E-state index in [1.807, 2.05) is 29.0 Å². The van der Waals surface area contributed by atoms with Crippen molar-refractivity contribution in [2.24, 2.45) is 0 Å². The first-order chi connectivity index (χ1) is 16.5. The molecular formula is C24H36N6O3SSi. The number of aromatic nitrogens is 4. The average Bonchev–Trinajstić information content (AvgIpc) is 3.43. The van der Waals surface area contributed by atoms with Crippen LogP contribution in [0.25, 0.3) is 22.4 Å². The Balaban J connectivity index is 1.47. The summed E-state index contributed by atoms with van der Waals surface area (Å²) in [6.07, 6.45) is 6.16. The molecule has 1 aliphatic heterocycles. The number of hydrogen-bond donors (Lipinski definition) is 1. The molecule has 9 nitrogen and oxygen atoms in total. The summed E-state index contributed by atoms with van der Waals surface area (Å²) < 4.78 is 34.5. The summed E-state index contributed by atoms with van der Waals surface area (Å²) in [5.74, 6) is 0.684. The zero-order chi connectivity index (χ0) is 25.2. The molecule has 4 heterocycles. The number of rotatable bonds is 10. The number of fused-ring (bicyclic) bond motifs is 1. The first-order valence-corrected chi connectivity index (χ1v) is 17.4. The first kappa shape index (κ1) is 25.7. The van der Waals surface area contributed by atoms with Gasteiger partial charge in [0.05, 0.1) is 17.1 Å². The molecule has 1 N–H and O–H groups in total. The second-order valence-corrected chi connectivity index (χ2v) is 18.7. The highest BCUT2D eigenvalue weighted by Crippen LogP contribution is 2.28. The molecule has 0 bridgehead atoms. The molecule has 3 aromatic rings. The summed E-state index contributed by atoms with van der Waals surface area (Å²) in [4.78, 5) is 14.0. The third-order valence-corrected chi connectivity index (χ3v) is 10.2. The second kappa shape index (κ2) is 10.3. The Morgan fingerprint density at radius 1 is 1.23 bits per heavy atom. The number of nitrogens with zero attached hydrogens (tertiary/aromatic N) is 5. The standard InChI is InChI=1S/C24H36N6O3SSi/c1-18(2)34(31,32)30-12-8-19(16-30)27-23-20(7-6-10-25-23)22-15-26-24-21(28-22)9-11-29(24)17-33-13-14-35(3,4)5/h6-7,9-11,15,18-19H,8,12-14,16-17H2,1-5H3,(H,25,27)/t19-/m1/s1. The van der Waals surface area contributed by atoms with Gasteiger partial charge in [0.1, 0.15) is 18.1 Å². The van der Waals surface area contributed by atoms with E-state index >= 15 is 0 Å². The van der Waals surface area contributed by atoms with Gasteiger partial charge in [0.25, 0.3) is 0 Å². The van der Waals surface area contributed by atoms with Crippen LogP contribution < -0.4 is 5.32 Å². The van der Waals surface area contributed by atoms with Crippen LogP contribution in [0.1, 0.15) is 20.3 Å². The molecule has 0 radical (unpaired) electrons. The fraction of sp³-hybridized carbons (Fsp3) is 0.542. The van der Waals surface area contributed by atoms with E-state index in [0.717, 1.165) is 41.5 Å². The largest absolute Gasteiger partial charge is 0.365 e. The molecule has 3 aromatic heterocycles. The highest BCUT2D eigenvalue weighted by molar-refractivity contribution is 7.89. The zero-order valence-corrected chi connectivity index (χ0v) is 23.0. The van der Waals surface area contributed by atoms with E-state index in [1.54, 1.807) is 30.5 Å². The van der Waals surface area contributed by atoms with Gasteiger partial charge in [-0.2, -0.15) is 4.31 Å². The summed E-state index contributed by atoms with van der Waals surface area (Å²) >= 11 is 0. The Morgan fingerprint density at radius 3 is 2.77 bits per heavy atom. The van der Waals surface area contributed by atoms with E-state index < -0.39 is 23.3 Å². The summed E-state index contributed by atoms with van der Waals surface area (Å²) in [6, 6.07) is 6.89. The van der Waals surface area contributed by atoms with Gasteiger partial charge >= 0.3 is 0 Å². The van der Waals surface area contributed by atoms with Gasteiger partial charge in [-0.05, 0) is 44.5 Å². The predicted octanol–water partition coefficient (Wildman–Crippen LogP) is 4.03. The summed E-state index contributed by atoms with van der Waals surface area (Å²) in [5, 5.41) is 3.02. The van der Waals surface area contributed by atoms with Crippen molar-refractivity contribution >= 4 is 35.1 Å². The molecule has 11 heteroatoms. The predicted molar refractivity (Wildman–Crippen MR) is 143 cm³/mol. The Bertz CT molecular complexity index is 1270. The van der Waals surface area contributed by atoms with Gasteiger partial charge in [-0.15, -0.1) is 0 Å². The minimum Gasteiger partial charge on any atom is -0.365 e. The molecule has 0 saturated carbocycles. The van der Waals surface area contributed by atoms with Gasteiger partial charge in [-0.25, -0.2) is 23.4 Å². The Morgan fingerprint density at radius 2 is 2.03 bits per heavy atom. The van der Waals surface area contributed by atoms with Gasteiger partial charge in [0.2, 0.25) is 10.0 Å². The fourth-order valence-corrected chi connectivity index (χ4v) is 6.13. The molecule has 1 saturated heterocycles. The van der Waals surface area contributed by atoms with Gasteiger partial charge in [0, 0.05) is 51.8 Å². The lowest BCUT2D eigenvalue weighted by molar-refractivity contribution is 0.0899. The lowest BCUT2D eigenvalue weighted by Gasteiger charge is -2.20. The van der Waals surface area contributed by atoms with Crippen molar-refractivity contribution in [2.45, 2.75) is 64.0 Å². The Kier molecular flexibility index (Phi) is 7.60. The third kappa shape index (κ3) is 6.08. The topological polar surface area (TPSA) is 102 Å². The van der Waals surface area contributed by atoms with E-state index in [0.29, 0.717) is 25.6 Å². The summed E-state index contributed by atoms with van der Waals surface area (Å²) in [5.41, 5.74) is 3.13. The molecule has 0 spiro atoms. The first-order valence-electron chi connectivity index (χ1n) is 12.1. The Labute approximate surface area is 209 Å². The maximum atomic E-state index is 12.5. The number of hydrogen-bond acceptors (Lipinski definition) is 7. The van der Waals surface area contributed by atoms with E-state index in [1.165, 1.54) is 0 Å². The van der Waals surface area contributed by atoms with Crippen molar-refractivity contribution < 1.29 is 13.2 Å². The van der Waals surface area contributed by atoms with Crippen LogP contribution in [-0.4, -0.2) is 71.3 Å². The number of sulfonamides is 1. The molecule has 4 rings (SSSR count). The van der Waals surface area contributed by atoms with Crippen LogP contribution in [0.5, 0.6) is 0 Å². The molecular weight excluding hydrogens is 480 g/mol. The summed E-state index contributed by atoms with van der Waals surface area (Å²) in [7, 11) is -4.38. The number of ether oxygens (including phenoxy) is 1. The van der Waals surface area contributed by atoms with Crippen LogP contribution >= 0.6 is 0 Å². The lowest BCUT2D eigenvalue weighted by Crippen LogP contribution is -2.36. The normalized spacial score (nSPS) is 17.5.